The van der Waals surface area contributed by atoms with Gasteiger partial charge < -0.3 is 39.9 Å². The van der Waals surface area contributed by atoms with Crippen LogP contribution in [0.2, 0.25) is 0 Å². The Morgan fingerprint density at radius 2 is 1.37 bits per heavy atom. The second-order valence-corrected chi connectivity index (χ2v) is 16.4. The Balaban J connectivity index is 0.961. The van der Waals surface area contributed by atoms with E-state index in [0.29, 0.717) is 24.5 Å². The number of H-pyrrole nitrogens is 2. The number of amides is 4. The van der Waals surface area contributed by atoms with E-state index in [1.807, 2.05) is 61.5 Å². The number of fused-ring (bicyclic) bond motifs is 1. The van der Waals surface area contributed by atoms with Crippen LogP contribution in [0.4, 0.5) is 9.59 Å². The van der Waals surface area contributed by atoms with Gasteiger partial charge in [0.05, 0.1) is 43.9 Å². The number of likely N-dealkylation sites (tertiary alicyclic amines) is 2. The Bertz CT molecular complexity index is 2600. The molecule has 2 aliphatic rings. The van der Waals surface area contributed by atoms with Crippen molar-refractivity contribution in [1.82, 2.24) is 40.4 Å². The molecule has 2 saturated heterocycles. The lowest BCUT2D eigenvalue weighted by Crippen LogP contribution is -2.51. The highest BCUT2D eigenvalue weighted by atomic mass is 16.5. The number of hydrogen-bond donors (Lipinski definition) is 4. The minimum atomic E-state index is -0.882. The van der Waals surface area contributed by atoms with Gasteiger partial charge in [0.15, 0.2) is 0 Å². The molecule has 62 heavy (non-hydrogen) atoms. The van der Waals surface area contributed by atoms with Gasteiger partial charge in [0.1, 0.15) is 23.7 Å². The molecule has 14 nitrogen and oxygen atoms in total. The van der Waals surface area contributed by atoms with Crippen molar-refractivity contribution in [3.8, 4) is 33.6 Å². The summed E-state index contributed by atoms with van der Waals surface area (Å²) in [5, 5.41) is 7.60. The smallest absolute Gasteiger partial charge is 0.407 e. The largest absolute Gasteiger partial charge is 0.453 e. The van der Waals surface area contributed by atoms with Crippen molar-refractivity contribution >= 4 is 34.8 Å². The maximum atomic E-state index is 14.0. The minimum absolute atomic E-state index is 0.109. The van der Waals surface area contributed by atoms with Crippen LogP contribution < -0.4 is 10.6 Å². The molecule has 320 valence electrons. The van der Waals surface area contributed by atoms with E-state index in [4.69, 9.17) is 19.4 Å². The first kappa shape index (κ1) is 41.8. The predicted octanol–water partition coefficient (Wildman–Crippen LogP) is 8.40. The molecule has 0 bridgehead atoms. The molecular formula is C48H52N8O6. The fourth-order valence-electron chi connectivity index (χ4n) is 8.82. The van der Waals surface area contributed by atoms with Crippen molar-refractivity contribution < 1.29 is 28.7 Å². The summed E-state index contributed by atoms with van der Waals surface area (Å²) in [7, 11) is 2.58. The number of imidazole rings is 2. The van der Waals surface area contributed by atoms with Crippen molar-refractivity contribution in [2.24, 2.45) is 5.92 Å². The van der Waals surface area contributed by atoms with E-state index < -0.39 is 24.3 Å². The Morgan fingerprint density at radius 1 is 0.742 bits per heavy atom. The number of benzene rings is 4. The number of carbonyl (C=O) groups excluding carboxylic acids is 4. The van der Waals surface area contributed by atoms with Crippen LogP contribution in [-0.4, -0.2) is 87.1 Å². The molecule has 2 aliphatic heterocycles. The summed E-state index contributed by atoms with van der Waals surface area (Å²) in [5.74, 6) is 0.974. The molecule has 0 unspecified atom stereocenters. The number of alkyl carbamates (subject to hydrolysis) is 2. The fraction of sp³-hybridized carbons (Fsp3) is 0.333. The standard InChI is InChI=1S/C48H52N8O6/c1-28(2)41(53-47(59)61-4)45(57)55-21-9-13-39(55)43-49-26-37(51-43)34-19-20-36(29(3)23-34)33-17-15-32-25-35(18-16-31(32)24-33)38-27-50-44(52-38)40-14-10-22-56(40)46(58)42(54-48(60)62-5)30-11-7-6-8-12-30/h6-8,11-12,15-20,23-28,39-42H,9-10,13-14,21-22H2,1-5H3,(H,49,51)(H,50,52)(H,53,59)(H,54,60)/t39-,40-,41-,42+/m0/s1. The van der Waals surface area contributed by atoms with Crippen LogP contribution in [-0.2, 0) is 19.1 Å². The molecule has 4 heterocycles. The van der Waals surface area contributed by atoms with Crippen molar-refractivity contribution in [2.75, 3.05) is 27.3 Å². The maximum Gasteiger partial charge on any atom is 0.407 e. The Kier molecular flexibility index (Phi) is 12.1. The van der Waals surface area contributed by atoms with Gasteiger partial charge in [0.2, 0.25) is 5.91 Å². The molecular weight excluding hydrogens is 785 g/mol. The molecule has 8 rings (SSSR count). The van der Waals surface area contributed by atoms with E-state index in [-0.39, 0.29) is 29.8 Å². The summed E-state index contributed by atoms with van der Waals surface area (Å²) in [5.41, 5.74) is 7.62. The molecule has 6 aromatic rings. The average molecular weight is 837 g/mol. The second kappa shape index (κ2) is 17.9. The van der Waals surface area contributed by atoms with Gasteiger partial charge in [-0.3, -0.25) is 9.59 Å². The zero-order valence-corrected chi connectivity index (χ0v) is 35.6. The van der Waals surface area contributed by atoms with Gasteiger partial charge in [0, 0.05) is 24.8 Å². The normalized spacial score (nSPS) is 17.3. The molecule has 2 aromatic heterocycles. The molecule has 0 aliphatic carbocycles. The van der Waals surface area contributed by atoms with Crippen molar-refractivity contribution in [2.45, 2.75) is 70.6 Å². The number of rotatable bonds is 11. The van der Waals surface area contributed by atoms with Gasteiger partial charge in [-0.15, -0.1) is 0 Å². The molecule has 4 N–H and O–H groups in total. The van der Waals surface area contributed by atoms with Crippen LogP contribution in [0.3, 0.4) is 0 Å². The van der Waals surface area contributed by atoms with E-state index in [1.54, 1.807) is 4.90 Å². The number of carbonyl (C=O) groups is 4. The molecule has 4 atom stereocenters. The lowest BCUT2D eigenvalue weighted by Gasteiger charge is -2.30. The monoisotopic (exact) mass is 836 g/mol. The molecule has 0 spiro atoms. The number of nitrogens with zero attached hydrogens (tertiary/aromatic N) is 4. The van der Waals surface area contributed by atoms with Crippen LogP contribution in [0.1, 0.15) is 80.4 Å². The van der Waals surface area contributed by atoms with Crippen molar-refractivity contribution in [3.05, 3.63) is 120 Å². The van der Waals surface area contributed by atoms with Crippen LogP contribution in [0, 0.1) is 12.8 Å². The number of aromatic nitrogens is 4. The summed E-state index contributed by atoms with van der Waals surface area (Å²) in [6.07, 6.45) is 5.61. The van der Waals surface area contributed by atoms with Crippen LogP contribution in [0.25, 0.3) is 44.4 Å². The Morgan fingerprint density at radius 3 is 2.05 bits per heavy atom. The molecule has 4 amide bonds. The number of aryl methyl sites for hydroxylation is 1. The van der Waals surface area contributed by atoms with E-state index >= 15 is 0 Å². The SMILES string of the molecule is COC(=O)N[C@H](C(=O)N1CCC[C@H]1c1ncc(-c2ccc(-c3ccc4cc(-c5c[nH]c([C@@H]6CCCN6C(=O)[C@H](NC(=O)OC)c6ccccc6)n5)ccc4c3)c(C)c2)[nH]1)C(C)C. The minimum Gasteiger partial charge on any atom is -0.453 e. The third-order valence-electron chi connectivity index (χ3n) is 12.1. The van der Waals surface area contributed by atoms with Crippen LogP contribution >= 0.6 is 0 Å². The molecule has 0 radical (unpaired) electrons. The van der Waals surface area contributed by atoms with Crippen LogP contribution in [0.15, 0.2) is 97.3 Å². The first-order valence-electron chi connectivity index (χ1n) is 21.1. The summed E-state index contributed by atoms with van der Waals surface area (Å²) in [6, 6.07) is 26.3. The quantitative estimate of drug-likeness (QED) is 0.101. The summed E-state index contributed by atoms with van der Waals surface area (Å²) in [4.78, 5) is 72.0. The number of methoxy groups -OCH3 is 2. The van der Waals surface area contributed by atoms with Gasteiger partial charge in [-0.2, -0.15) is 0 Å². The lowest BCUT2D eigenvalue weighted by atomic mass is 9.95. The van der Waals surface area contributed by atoms with Gasteiger partial charge in [-0.05, 0) is 95.3 Å². The fourth-order valence-corrected chi connectivity index (χ4v) is 8.82. The summed E-state index contributed by atoms with van der Waals surface area (Å²) >= 11 is 0. The molecule has 14 heteroatoms. The average Bonchev–Trinajstić information content (AvgIpc) is 4.14. The number of nitrogens with one attached hydrogen (secondary N) is 4. The highest BCUT2D eigenvalue weighted by molar-refractivity contribution is 5.91. The van der Waals surface area contributed by atoms with Crippen LogP contribution in [0.5, 0.6) is 0 Å². The Hall–Kier alpha value is -6.96. The highest BCUT2D eigenvalue weighted by Gasteiger charge is 2.39. The lowest BCUT2D eigenvalue weighted by molar-refractivity contribution is -0.135. The first-order valence-corrected chi connectivity index (χ1v) is 21.1. The van der Waals surface area contributed by atoms with Crippen molar-refractivity contribution in [3.63, 3.8) is 0 Å². The van der Waals surface area contributed by atoms with E-state index in [2.05, 4.69) is 82.1 Å². The third kappa shape index (κ3) is 8.49. The van der Waals surface area contributed by atoms with Gasteiger partial charge >= 0.3 is 12.2 Å². The van der Waals surface area contributed by atoms with E-state index in [0.717, 1.165) is 81.5 Å². The van der Waals surface area contributed by atoms with E-state index in [1.165, 1.54) is 14.2 Å². The second-order valence-electron chi connectivity index (χ2n) is 16.4. The summed E-state index contributed by atoms with van der Waals surface area (Å²) < 4.78 is 9.62. The highest BCUT2D eigenvalue weighted by Crippen LogP contribution is 2.37. The van der Waals surface area contributed by atoms with Gasteiger partial charge in [-0.25, -0.2) is 19.6 Å². The third-order valence-corrected chi connectivity index (χ3v) is 12.1. The molecule has 2 fully saturated rings. The zero-order valence-electron chi connectivity index (χ0n) is 35.6. The van der Waals surface area contributed by atoms with Gasteiger partial charge in [0.25, 0.3) is 5.91 Å². The zero-order chi connectivity index (χ0) is 43.5. The number of aromatic amines is 2. The van der Waals surface area contributed by atoms with E-state index in [9.17, 15) is 19.2 Å². The topological polar surface area (TPSA) is 175 Å². The molecule has 4 aromatic carbocycles. The predicted molar refractivity (Wildman–Crippen MR) is 236 cm³/mol. The first-order chi connectivity index (χ1) is 30.0. The van der Waals surface area contributed by atoms with Gasteiger partial charge in [-0.1, -0.05) is 80.6 Å². The maximum absolute atomic E-state index is 14.0. The number of hydrogen-bond acceptors (Lipinski definition) is 8. The Labute approximate surface area is 360 Å². The summed E-state index contributed by atoms with van der Waals surface area (Å²) in [6.45, 7) is 7.06. The number of ether oxygens (including phenoxy) is 2. The van der Waals surface area contributed by atoms with Crippen molar-refractivity contribution in [1.29, 1.82) is 0 Å². The molecule has 0 saturated carbocycles.